The van der Waals surface area contributed by atoms with Gasteiger partial charge >= 0.3 is 0 Å². The van der Waals surface area contributed by atoms with E-state index in [-0.39, 0.29) is 11.7 Å². The van der Waals surface area contributed by atoms with Gasteiger partial charge in [-0.2, -0.15) is 0 Å². The van der Waals surface area contributed by atoms with Gasteiger partial charge < -0.3 is 16.3 Å². The fraction of sp³-hybridized carbons (Fsp3) is 0.333. The number of nitrogens with one attached hydrogen (secondary N) is 1. The molecule has 0 aromatic heterocycles. The Morgan fingerprint density at radius 1 is 1.40 bits per heavy atom. The van der Waals surface area contributed by atoms with Crippen LogP contribution in [0.5, 0.6) is 0 Å². The Morgan fingerprint density at radius 3 is 2.40 bits per heavy atom. The van der Waals surface area contributed by atoms with E-state index >= 15 is 0 Å². The van der Waals surface area contributed by atoms with Gasteiger partial charge in [-0.3, -0.25) is 4.79 Å². The molecule has 0 heterocycles. The largest absolute Gasteiger partial charge is 0.409 e. The third-order valence-corrected chi connectivity index (χ3v) is 4.33. The Labute approximate surface area is 142 Å². The second kappa shape index (κ2) is 7.99. The summed E-state index contributed by atoms with van der Waals surface area (Å²) in [7, 11) is 0. The van der Waals surface area contributed by atoms with Crippen LogP contribution in [-0.4, -0.2) is 17.0 Å². The molecule has 0 saturated carbocycles. The van der Waals surface area contributed by atoms with E-state index in [0.717, 1.165) is 19.8 Å². The van der Waals surface area contributed by atoms with Crippen molar-refractivity contribution in [3.63, 3.8) is 0 Å². The summed E-state index contributed by atoms with van der Waals surface area (Å²) in [5.74, 6) is -1.06. The molecule has 0 aliphatic rings. The molecule has 0 fully saturated rings. The molecular weight excluding hydrogens is 458 g/mol. The minimum atomic E-state index is -0.660. The van der Waals surface area contributed by atoms with Gasteiger partial charge in [0.15, 0.2) is 5.84 Å². The molecule has 1 aromatic rings. The molecule has 20 heavy (non-hydrogen) atoms. The number of nitrogens with two attached hydrogens (primary N) is 1. The first kappa shape index (κ1) is 17.5. The Kier molecular flexibility index (Phi) is 6.97. The van der Waals surface area contributed by atoms with Gasteiger partial charge in [0.25, 0.3) is 0 Å². The minimum absolute atomic E-state index is 0.0892. The molecule has 1 rings (SSSR count). The second-order valence-corrected chi connectivity index (χ2v) is 6.72. The van der Waals surface area contributed by atoms with E-state index in [1.54, 1.807) is 0 Å². The summed E-state index contributed by atoms with van der Waals surface area (Å²) in [5, 5.41) is 14.5. The van der Waals surface area contributed by atoms with Crippen LogP contribution in [0.25, 0.3) is 0 Å². The number of nitrogens with zero attached hydrogens (tertiary/aromatic N) is 1. The summed E-state index contributed by atoms with van der Waals surface area (Å²) >= 11 is 10.1. The van der Waals surface area contributed by atoms with Crippen LogP contribution < -0.4 is 11.1 Å². The SMILES string of the molecule is CCCC(C(=O)Nc1c(Br)cc(Br)cc1Br)C(N)=NO. The summed E-state index contributed by atoms with van der Waals surface area (Å²) in [6, 6.07) is 3.64. The molecule has 5 nitrogen and oxygen atoms in total. The maximum absolute atomic E-state index is 12.3. The second-order valence-electron chi connectivity index (χ2n) is 4.10. The lowest BCUT2D eigenvalue weighted by Crippen LogP contribution is -2.34. The predicted octanol–water partition coefficient (Wildman–Crippen LogP) is 4.08. The molecule has 0 spiro atoms. The maximum Gasteiger partial charge on any atom is 0.235 e. The molecular formula is C12H14Br3N3O2. The van der Waals surface area contributed by atoms with E-state index in [4.69, 9.17) is 10.9 Å². The molecule has 0 aliphatic carbocycles. The third kappa shape index (κ3) is 4.46. The van der Waals surface area contributed by atoms with Gasteiger partial charge in [-0.05, 0) is 50.4 Å². The third-order valence-electron chi connectivity index (χ3n) is 2.62. The van der Waals surface area contributed by atoms with Crippen molar-refractivity contribution < 1.29 is 10.0 Å². The maximum atomic E-state index is 12.3. The Hall–Kier alpha value is -0.600. The standard InChI is InChI=1S/C12H14Br3N3O2/c1-2-3-7(11(16)18-20)12(19)17-10-8(14)4-6(13)5-9(10)15/h4-5,7,20H,2-3H2,1H3,(H2,16,18)(H,17,19). The number of rotatable bonds is 5. The van der Waals surface area contributed by atoms with Crippen molar-refractivity contribution in [3.05, 3.63) is 25.6 Å². The number of amides is 1. The minimum Gasteiger partial charge on any atom is -0.409 e. The van der Waals surface area contributed by atoms with Gasteiger partial charge in [-0.25, -0.2) is 0 Å². The van der Waals surface area contributed by atoms with E-state index in [1.165, 1.54) is 0 Å². The molecule has 1 unspecified atom stereocenters. The van der Waals surface area contributed by atoms with Gasteiger partial charge in [0.1, 0.15) is 0 Å². The van der Waals surface area contributed by atoms with Crippen LogP contribution in [0.15, 0.2) is 30.7 Å². The molecule has 0 radical (unpaired) electrons. The molecule has 1 aromatic carbocycles. The van der Waals surface area contributed by atoms with Crippen LogP contribution in [0.3, 0.4) is 0 Å². The topological polar surface area (TPSA) is 87.7 Å². The van der Waals surface area contributed by atoms with Gasteiger partial charge in [0.2, 0.25) is 5.91 Å². The fourth-order valence-electron chi connectivity index (χ4n) is 1.64. The van der Waals surface area contributed by atoms with Crippen molar-refractivity contribution in [2.24, 2.45) is 16.8 Å². The summed E-state index contributed by atoms with van der Waals surface area (Å²) in [5.41, 5.74) is 6.17. The normalized spacial score (nSPS) is 13.1. The molecule has 1 atom stereocenters. The average Bonchev–Trinajstić information content (AvgIpc) is 2.39. The predicted molar refractivity (Wildman–Crippen MR) is 90.0 cm³/mol. The van der Waals surface area contributed by atoms with E-state index in [9.17, 15) is 4.79 Å². The molecule has 110 valence electrons. The summed E-state index contributed by atoms with van der Waals surface area (Å²) in [6.07, 6.45) is 1.25. The smallest absolute Gasteiger partial charge is 0.235 e. The highest BCUT2D eigenvalue weighted by Gasteiger charge is 2.23. The summed E-state index contributed by atoms with van der Waals surface area (Å²) < 4.78 is 2.32. The lowest BCUT2D eigenvalue weighted by atomic mass is 10.0. The van der Waals surface area contributed by atoms with Gasteiger partial charge in [0, 0.05) is 13.4 Å². The average molecular weight is 472 g/mol. The molecule has 8 heteroatoms. The van der Waals surface area contributed by atoms with E-state index in [1.807, 2.05) is 19.1 Å². The lowest BCUT2D eigenvalue weighted by Gasteiger charge is -2.16. The summed E-state index contributed by atoms with van der Waals surface area (Å²) in [6.45, 7) is 1.93. The quantitative estimate of drug-likeness (QED) is 0.262. The lowest BCUT2D eigenvalue weighted by molar-refractivity contribution is -0.118. The van der Waals surface area contributed by atoms with Crippen molar-refractivity contribution in [3.8, 4) is 0 Å². The van der Waals surface area contributed by atoms with Crippen molar-refractivity contribution >= 4 is 65.2 Å². The van der Waals surface area contributed by atoms with E-state index < -0.39 is 5.92 Å². The van der Waals surface area contributed by atoms with Gasteiger partial charge in [-0.1, -0.05) is 34.4 Å². The molecule has 0 saturated heterocycles. The zero-order valence-corrected chi connectivity index (χ0v) is 15.4. The number of halogens is 3. The zero-order valence-electron chi connectivity index (χ0n) is 10.7. The number of benzene rings is 1. The van der Waals surface area contributed by atoms with Crippen molar-refractivity contribution in [1.29, 1.82) is 0 Å². The summed E-state index contributed by atoms with van der Waals surface area (Å²) in [4.78, 5) is 12.3. The van der Waals surface area contributed by atoms with Gasteiger partial charge in [-0.15, -0.1) is 0 Å². The van der Waals surface area contributed by atoms with Crippen LogP contribution in [0.2, 0.25) is 0 Å². The monoisotopic (exact) mass is 469 g/mol. The Morgan fingerprint density at radius 2 is 1.95 bits per heavy atom. The van der Waals surface area contributed by atoms with Crippen LogP contribution in [-0.2, 0) is 4.79 Å². The van der Waals surface area contributed by atoms with Crippen LogP contribution in [0.4, 0.5) is 5.69 Å². The number of oxime groups is 1. The number of hydrogen-bond acceptors (Lipinski definition) is 3. The molecule has 4 N–H and O–H groups in total. The number of amidine groups is 1. The van der Waals surface area contributed by atoms with Crippen molar-refractivity contribution in [2.75, 3.05) is 5.32 Å². The first-order chi connectivity index (χ1) is 9.40. The van der Waals surface area contributed by atoms with Crippen LogP contribution in [0.1, 0.15) is 19.8 Å². The fourth-order valence-corrected chi connectivity index (χ4v) is 4.10. The Bertz CT molecular complexity index is 512. The van der Waals surface area contributed by atoms with E-state index in [2.05, 4.69) is 58.3 Å². The number of carbonyl (C=O) groups is 1. The number of anilines is 1. The zero-order chi connectivity index (χ0) is 15.3. The highest BCUT2D eigenvalue weighted by atomic mass is 79.9. The van der Waals surface area contributed by atoms with E-state index in [0.29, 0.717) is 12.1 Å². The van der Waals surface area contributed by atoms with Crippen molar-refractivity contribution in [1.82, 2.24) is 0 Å². The molecule has 1 amide bonds. The number of carbonyl (C=O) groups excluding carboxylic acids is 1. The van der Waals surface area contributed by atoms with Crippen LogP contribution in [0, 0.1) is 5.92 Å². The highest BCUT2D eigenvalue weighted by molar-refractivity contribution is 9.11. The first-order valence-electron chi connectivity index (χ1n) is 5.83. The van der Waals surface area contributed by atoms with Gasteiger partial charge in [0.05, 0.1) is 11.6 Å². The first-order valence-corrected chi connectivity index (χ1v) is 8.21. The molecule has 0 aliphatic heterocycles. The Balaban J connectivity index is 3.00. The van der Waals surface area contributed by atoms with Crippen molar-refractivity contribution in [2.45, 2.75) is 19.8 Å². The number of hydrogen-bond donors (Lipinski definition) is 3. The molecule has 0 bridgehead atoms. The van der Waals surface area contributed by atoms with Crippen LogP contribution >= 0.6 is 47.8 Å². The highest BCUT2D eigenvalue weighted by Crippen LogP contribution is 2.34.